The fourth-order valence-electron chi connectivity index (χ4n) is 5.79. The average Bonchev–Trinajstić information content (AvgIpc) is 3.47. The van der Waals surface area contributed by atoms with Crippen LogP contribution in [0.15, 0.2) is 30.6 Å². The number of ether oxygens (including phenoxy) is 1. The molecule has 3 aliphatic rings. The molecule has 0 unspecified atom stereocenters. The molecule has 2 fully saturated rings. The summed E-state index contributed by atoms with van der Waals surface area (Å²) in [6.07, 6.45) is 11.3. The van der Waals surface area contributed by atoms with Crippen LogP contribution in [0, 0.1) is 0 Å². The van der Waals surface area contributed by atoms with E-state index in [-0.39, 0.29) is 12.5 Å². The highest BCUT2D eigenvalue weighted by molar-refractivity contribution is 5.85. The van der Waals surface area contributed by atoms with E-state index in [1.54, 1.807) is 7.11 Å². The van der Waals surface area contributed by atoms with Crippen molar-refractivity contribution >= 4 is 16.9 Å². The highest BCUT2D eigenvalue weighted by Crippen LogP contribution is 2.41. The van der Waals surface area contributed by atoms with E-state index >= 15 is 0 Å². The topological polar surface area (TPSA) is 70.2 Å². The zero-order chi connectivity index (χ0) is 22.4. The third kappa shape index (κ3) is 3.75. The van der Waals surface area contributed by atoms with Gasteiger partial charge in [0.25, 0.3) is 0 Å². The summed E-state index contributed by atoms with van der Waals surface area (Å²) in [4.78, 5) is 22.6. The molecule has 33 heavy (non-hydrogen) atoms. The van der Waals surface area contributed by atoms with Crippen molar-refractivity contribution in [2.45, 2.75) is 57.0 Å². The Balaban J connectivity index is 1.41. The maximum absolute atomic E-state index is 12.5. The van der Waals surface area contributed by atoms with Gasteiger partial charge in [-0.05, 0) is 84.5 Å². The molecule has 0 bridgehead atoms. The first-order valence-electron chi connectivity index (χ1n) is 12.3. The highest BCUT2D eigenvalue weighted by atomic mass is 16.5. The summed E-state index contributed by atoms with van der Waals surface area (Å²) in [7, 11) is 1.59. The number of nitrogens with one attached hydrogen (secondary N) is 2. The minimum absolute atomic E-state index is 0.0724. The van der Waals surface area contributed by atoms with Crippen LogP contribution in [0.4, 0.5) is 0 Å². The fourth-order valence-corrected chi connectivity index (χ4v) is 5.79. The molecular formula is C27H32N4O2. The molecule has 1 aliphatic carbocycles. The Hall–Kier alpha value is -2.70. The summed E-state index contributed by atoms with van der Waals surface area (Å²) in [5.74, 6) is 0.747. The third-order valence-corrected chi connectivity index (χ3v) is 7.87. The molecule has 1 atom stereocenters. The first-order valence-corrected chi connectivity index (χ1v) is 12.3. The van der Waals surface area contributed by atoms with E-state index in [9.17, 15) is 4.79 Å². The van der Waals surface area contributed by atoms with Crippen LogP contribution in [0.5, 0.6) is 0 Å². The number of rotatable bonds is 5. The standard InChI is InChI=1S/C27H32N4O2/c1-33-16-26(32)31-9-7-18-10-19(11-21(24(18)15-31)25-6-3-8-28-25)20-12-22-23(17-4-2-5-17)14-30-27(22)29-13-20/h10-14,17,25,28H,2-9,15-16H2,1H3,(H,29,30)/t25-/m0/s1. The van der Waals surface area contributed by atoms with Crippen molar-refractivity contribution in [1.29, 1.82) is 0 Å². The van der Waals surface area contributed by atoms with Crippen molar-refractivity contribution in [3.8, 4) is 11.1 Å². The van der Waals surface area contributed by atoms with Crippen molar-refractivity contribution < 1.29 is 9.53 Å². The normalized spacial score (nSPS) is 20.8. The van der Waals surface area contributed by atoms with E-state index in [4.69, 9.17) is 9.72 Å². The predicted octanol–water partition coefficient (Wildman–Crippen LogP) is 4.45. The molecule has 2 aromatic heterocycles. The summed E-state index contributed by atoms with van der Waals surface area (Å²) in [5, 5.41) is 4.96. The van der Waals surface area contributed by atoms with E-state index in [1.165, 1.54) is 64.5 Å². The van der Waals surface area contributed by atoms with Crippen LogP contribution in [0.3, 0.4) is 0 Å². The van der Waals surface area contributed by atoms with E-state index < -0.39 is 0 Å². The van der Waals surface area contributed by atoms with Gasteiger partial charge in [-0.1, -0.05) is 12.5 Å². The van der Waals surface area contributed by atoms with Gasteiger partial charge >= 0.3 is 0 Å². The number of hydrogen-bond acceptors (Lipinski definition) is 4. The summed E-state index contributed by atoms with van der Waals surface area (Å²) in [6, 6.07) is 7.37. The second-order valence-electron chi connectivity index (χ2n) is 9.84. The molecule has 4 heterocycles. The van der Waals surface area contributed by atoms with Crippen LogP contribution in [0.1, 0.15) is 66.3 Å². The number of H-pyrrole nitrogens is 1. The first kappa shape index (κ1) is 20.9. The number of benzene rings is 1. The number of nitrogens with zero attached hydrogens (tertiary/aromatic N) is 2. The first-order chi connectivity index (χ1) is 16.2. The van der Waals surface area contributed by atoms with Gasteiger partial charge in [0.1, 0.15) is 12.3 Å². The largest absolute Gasteiger partial charge is 0.375 e. The van der Waals surface area contributed by atoms with Gasteiger partial charge in [-0.25, -0.2) is 4.98 Å². The lowest BCUT2D eigenvalue weighted by Crippen LogP contribution is -2.38. The molecule has 1 aromatic carbocycles. The predicted molar refractivity (Wildman–Crippen MR) is 129 cm³/mol. The molecule has 1 saturated heterocycles. The number of aromatic amines is 1. The summed E-state index contributed by atoms with van der Waals surface area (Å²) >= 11 is 0. The fraction of sp³-hybridized carbons (Fsp3) is 0.481. The quantitative estimate of drug-likeness (QED) is 0.610. The lowest BCUT2D eigenvalue weighted by molar-refractivity contribution is -0.136. The summed E-state index contributed by atoms with van der Waals surface area (Å²) < 4.78 is 5.11. The Morgan fingerprint density at radius 2 is 2.06 bits per heavy atom. The second-order valence-corrected chi connectivity index (χ2v) is 9.84. The van der Waals surface area contributed by atoms with Crippen LogP contribution in [0.2, 0.25) is 0 Å². The van der Waals surface area contributed by atoms with Gasteiger partial charge in [-0.2, -0.15) is 0 Å². The van der Waals surface area contributed by atoms with E-state index in [0.717, 1.165) is 31.6 Å². The second kappa shape index (κ2) is 8.58. The lowest BCUT2D eigenvalue weighted by Gasteiger charge is -2.32. The molecule has 2 aliphatic heterocycles. The molecule has 6 nitrogen and oxygen atoms in total. The number of aromatic nitrogens is 2. The van der Waals surface area contributed by atoms with Crippen molar-refractivity contribution in [2.75, 3.05) is 26.8 Å². The monoisotopic (exact) mass is 444 g/mol. The van der Waals surface area contributed by atoms with Crippen LogP contribution >= 0.6 is 0 Å². The summed E-state index contributed by atoms with van der Waals surface area (Å²) in [6.45, 7) is 2.62. The lowest BCUT2D eigenvalue weighted by atomic mass is 9.80. The van der Waals surface area contributed by atoms with Gasteiger partial charge in [-0.3, -0.25) is 4.79 Å². The number of amides is 1. The smallest absolute Gasteiger partial charge is 0.248 e. The number of pyridine rings is 1. The van der Waals surface area contributed by atoms with Crippen LogP contribution < -0.4 is 5.32 Å². The van der Waals surface area contributed by atoms with Crippen LogP contribution in [-0.4, -0.2) is 47.6 Å². The Kier molecular flexibility index (Phi) is 5.43. The minimum atomic E-state index is 0.0724. The number of carbonyl (C=O) groups excluding carboxylic acids is 1. The van der Waals surface area contributed by atoms with Gasteiger partial charge in [0, 0.05) is 49.6 Å². The third-order valence-electron chi connectivity index (χ3n) is 7.87. The maximum Gasteiger partial charge on any atom is 0.248 e. The molecule has 2 N–H and O–H groups in total. The van der Waals surface area contributed by atoms with Gasteiger partial charge in [-0.15, -0.1) is 0 Å². The molecule has 1 amide bonds. The molecule has 172 valence electrons. The average molecular weight is 445 g/mol. The molecule has 6 heteroatoms. The van der Waals surface area contributed by atoms with Crippen molar-refractivity contribution in [3.05, 3.63) is 52.8 Å². The molecular weight excluding hydrogens is 412 g/mol. The van der Waals surface area contributed by atoms with Gasteiger partial charge in [0.15, 0.2) is 0 Å². The Labute approximate surface area is 194 Å². The zero-order valence-corrected chi connectivity index (χ0v) is 19.3. The van der Waals surface area contributed by atoms with E-state index in [1.807, 2.05) is 11.1 Å². The molecule has 1 saturated carbocycles. The molecule has 6 rings (SSSR count). The van der Waals surface area contributed by atoms with Gasteiger partial charge in [0.2, 0.25) is 5.91 Å². The Morgan fingerprint density at radius 1 is 1.15 bits per heavy atom. The number of hydrogen-bond donors (Lipinski definition) is 2. The number of fused-ring (bicyclic) bond motifs is 2. The maximum atomic E-state index is 12.5. The Morgan fingerprint density at radius 3 is 2.82 bits per heavy atom. The zero-order valence-electron chi connectivity index (χ0n) is 19.3. The van der Waals surface area contributed by atoms with Crippen molar-refractivity contribution in [1.82, 2.24) is 20.2 Å². The number of methoxy groups -OCH3 is 1. The summed E-state index contributed by atoms with van der Waals surface area (Å²) in [5.41, 5.74) is 8.87. The van der Waals surface area contributed by atoms with Crippen LogP contribution in [-0.2, 0) is 22.5 Å². The highest BCUT2D eigenvalue weighted by Gasteiger charge is 2.28. The van der Waals surface area contributed by atoms with Crippen molar-refractivity contribution in [2.24, 2.45) is 0 Å². The number of carbonyl (C=O) groups is 1. The Bertz CT molecular complexity index is 1190. The van der Waals surface area contributed by atoms with Crippen LogP contribution in [0.25, 0.3) is 22.2 Å². The molecule has 0 radical (unpaired) electrons. The van der Waals surface area contributed by atoms with E-state index in [2.05, 4.69) is 34.7 Å². The van der Waals surface area contributed by atoms with E-state index in [0.29, 0.717) is 18.5 Å². The minimum Gasteiger partial charge on any atom is -0.375 e. The van der Waals surface area contributed by atoms with Crippen molar-refractivity contribution in [3.63, 3.8) is 0 Å². The van der Waals surface area contributed by atoms with Gasteiger partial charge < -0.3 is 19.9 Å². The molecule has 0 spiro atoms. The SMILES string of the molecule is COCC(=O)N1CCc2cc(-c3cnc4[nH]cc(C5CCC5)c4c3)cc([C@@H]3CCCN3)c2C1. The molecule has 3 aromatic rings. The van der Waals surface area contributed by atoms with Gasteiger partial charge in [0.05, 0.1) is 0 Å².